The number of aryl methyl sites for hydroxylation is 2. The molecule has 1 amide bonds. The Kier molecular flexibility index (Phi) is 3.79. The van der Waals surface area contributed by atoms with E-state index >= 15 is 0 Å². The lowest BCUT2D eigenvalue weighted by Crippen LogP contribution is -2.12. The first-order valence-corrected chi connectivity index (χ1v) is 7.17. The van der Waals surface area contributed by atoms with Gasteiger partial charge in [-0.15, -0.1) is 0 Å². The molecule has 0 saturated carbocycles. The Hall–Kier alpha value is -2.81. The van der Waals surface area contributed by atoms with E-state index < -0.39 is 0 Å². The Morgan fingerprint density at radius 2 is 1.73 bits per heavy atom. The first kappa shape index (κ1) is 14.1. The van der Waals surface area contributed by atoms with Crippen molar-refractivity contribution in [3.05, 3.63) is 77.6 Å². The fourth-order valence-electron chi connectivity index (χ4n) is 2.37. The lowest BCUT2D eigenvalue weighted by atomic mass is 10.1. The zero-order valence-electron chi connectivity index (χ0n) is 12.6. The van der Waals surface area contributed by atoms with E-state index in [1.807, 2.05) is 61.5 Å². The van der Waals surface area contributed by atoms with Gasteiger partial charge in [-0.3, -0.25) is 4.79 Å². The van der Waals surface area contributed by atoms with E-state index in [1.54, 1.807) is 13.0 Å². The summed E-state index contributed by atoms with van der Waals surface area (Å²) in [7, 11) is 0. The van der Waals surface area contributed by atoms with E-state index in [1.165, 1.54) is 0 Å². The van der Waals surface area contributed by atoms with E-state index in [9.17, 15) is 4.79 Å². The van der Waals surface area contributed by atoms with E-state index in [2.05, 4.69) is 5.32 Å². The molecule has 22 heavy (non-hydrogen) atoms. The summed E-state index contributed by atoms with van der Waals surface area (Å²) in [5.41, 5.74) is 3.40. The summed E-state index contributed by atoms with van der Waals surface area (Å²) in [6.07, 6.45) is 0. The molecule has 0 aliphatic rings. The van der Waals surface area contributed by atoms with Crippen LogP contribution in [0.5, 0.6) is 0 Å². The predicted molar refractivity (Wildman–Crippen MR) is 88.0 cm³/mol. The molecule has 3 aromatic rings. The van der Waals surface area contributed by atoms with Crippen molar-refractivity contribution >= 4 is 11.6 Å². The molecule has 3 nitrogen and oxygen atoms in total. The second kappa shape index (κ2) is 5.90. The van der Waals surface area contributed by atoms with Gasteiger partial charge in [-0.1, -0.05) is 42.5 Å². The van der Waals surface area contributed by atoms with E-state index in [0.29, 0.717) is 17.1 Å². The van der Waals surface area contributed by atoms with Gasteiger partial charge in [0, 0.05) is 11.3 Å². The Morgan fingerprint density at radius 3 is 2.45 bits per heavy atom. The largest absolute Gasteiger partial charge is 0.461 e. The summed E-state index contributed by atoms with van der Waals surface area (Å²) < 4.78 is 5.72. The van der Waals surface area contributed by atoms with Crippen molar-refractivity contribution in [2.45, 2.75) is 13.8 Å². The van der Waals surface area contributed by atoms with Gasteiger partial charge in [0.05, 0.1) is 5.56 Å². The number of anilines is 1. The van der Waals surface area contributed by atoms with Crippen LogP contribution < -0.4 is 5.32 Å². The third kappa shape index (κ3) is 2.93. The number of hydrogen-bond donors (Lipinski definition) is 1. The van der Waals surface area contributed by atoms with Crippen molar-refractivity contribution in [3.8, 4) is 11.3 Å². The molecule has 1 N–H and O–H groups in total. The molecule has 0 bridgehead atoms. The topological polar surface area (TPSA) is 42.2 Å². The number of nitrogens with one attached hydrogen (secondary N) is 1. The van der Waals surface area contributed by atoms with Crippen molar-refractivity contribution in [2.24, 2.45) is 0 Å². The molecule has 110 valence electrons. The summed E-state index contributed by atoms with van der Waals surface area (Å²) in [5.74, 6) is 1.16. The van der Waals surface area contributed by atoms with Gasteiger partial charge in [0.15, 0.2) is 0 Å². The van der Waals surface area contributed by atoms with E-state index in [0.717, 1.165) is 16.8 Å². The molecule has 0 unspecified atom stereocenters. The number of carbonyl (C=O) groups is 1. The lowest BCUT2D eigenvalue weighted by Gasteiger charge is -2.04. The Balaban J connectivity index is 1.86. The fraction of sp³-hybridized carbons (Fsp3) is 0.105. The minimum atomic E-state index is -0.158. The molecule has 2 aromatic carbocycles. The predicted octanol–water partition coefficient (Wildman–Crippen LogP) is 4.82. The van der Waals surface area contributed by atoms with Gasteiger partial charge >= 0.3 is 0 Å². The standard InChI is InChI=1S/C19H17NO2/c1-13-7-6-10-16(11-13)20-19(21)17-12-18(22-14(17)2)15-8-4-3-5-9-15/h3-12H,1-2H3,(H,20,21). The number of carbonyl (C=O) groups excluding carboxylic acids is 1. The van der Waals surface area contributed by atoms with Crippen LogP contribution in [0.15, 0.2) is 65.1 Å². The molecular weight excluding hydrogens is 274 g/mol. The molecule has 0 aliphatic carbocycles. The van der Waals surface area contributed by atoms with Crippen molar-refractivity contribution in [1.82, 2.24) is 0 Å². The van der Waals surface area contributed by atoms with Gasteiger partial charge in [-0.05, 0) is 37.6 Å². The van der Waals surface area contributed by atoms with E-state index in [4.69, 9.17) is 4.42 Å². The van der Waals surface area contributed by atoms with Crippen LogP contribution in [0.25, 0.3) is 11.3 Å². The zero-order chi connectivity index (χ0) is 15.5. The highest BCUT2D eigenvalue weighted by atomic mass is 16.3. The molecule has 1 aromatic heterocycles. The zero-order valence-corrected chi connectivity index (χ0v) is 12.6. The molecule has 0 atom stereocenters. The molecule has 3 rings (SSSR count). The highest BCUT2D eigenvalue weighted by Gasteiger charge is 2.16. The SMILES string of the molecule is Cc1cccc(NC(=O)c2cc(-c3ccccc3)oc2C)c1. The lowest BCUT2D eigenvalue weighted by molar-refractivity contribution is 0.102. The van der Waals surface area contributed by atoms with Crippen LogP contribution in [0.1, 0.15) is 21.7 Å². The van der Waals surface area contributed by atoms with Crippen LogP contribution >= 0.6 is 0 Å². The first-order valence-electron chi connectivity index (χ1n) is 7.17. The minimum absolute atomic E-state index is 0.158. The molecule has 0 saturated heterocycles. The summed E-state index contributed by atoms with van der Waals surface area (Å²) in [6, 6.07) is 19.3. The highest BCUT2D eigenvalue weighted by Crippen LogP contribution is 2.25. The van der Waals surface area contributed by atoms with Gasteiger partial charge in [0.25, 0.3) is 5.91 Å². The number of benzene rings is 2. The number of hydrogen-bond acceptors (Lipinski definition) is 2. The fourth-order valence-corrected chi connectivity index (χ4v) is 2.37. The molecule has 1 heterocycles. The second-order valence-electron chi connectivity index (χ2n) is 5.27. The monoisotopic (exact) mass is 291 g/mol. The molecule has 0 fully saturated rings. The number of furan rings is 1. The molecule has 0 radical (unpaired) electrons. The maximum absolute atomic E-state index is 12.4. The van der Waals surface area contributed by atoms with Crippen LogP contribution in [-0.4, -0.2) is 5.91 Å². The second-order valence-corrected chi connectivity index (χ2v) is 5.27. The maximum atomic E-state index is 12.4. The van der Waals surface area contributed by atoms with Gasteiger partial charge in [0.2, 0.25) is 0 Å². The summed E-state index contributed by atoms with van der Waals surface area (Å²) >= 11 is 0. The molecule has 3 heteroatoms. The van der Waals surface area contributed by atoms with Gasteiger partial charge in [-0.2, -0.15) is 0 Å². The average molecular weight is 291 g/mol. The summed E-state index contributed by atoms with van der Waals surface area (Å²) in [4.78, 5) is 12.4. The highest BCUT2D eigenvalue weighted by molar-refractivity contribution is 6.05. The first-order chi connectivity index (χ1) is 10.6. The average Bonchev–Trinajstić information content (AvgIpc) is 2.90. The number of rotatable bonds is 3. The van der Waals surface area contributed by atoms with Crippen LogP contribution in [0, 0.1) is 13.8 Å². The molecular formula is C19H17NO2. The summed E-state index contributed by atoms with van der Waals surface area (Å²) in [5, 5.41) is 2.91. The normalized spacial score (nSPS) is 10.5. The third-order valence-electron chi connectivity index (χ3n) is 3.50. The van der Waals surface area contributed by atoms with Crippen LogP contribution in [0.3, 0.4) is 0 Å². The van der Waals surface area contributed by atoms with Gasteiger partial charge < -0.3 is 9.73 Å². The van der Waals surface area contributed by atoms with Crippen LogP contribution in [-0.2, 0) is 0 Å². The smallest absolute Gasteiger partial charge is 0.259 e. The van der Waals surface area contributed by atoms with Gasteiger partial charge in [-0.25, -0.2) is 0 Å². The summed E-state index contributed by atoms with van der Waals surface area (Å²) in [6.45, 7) is 3.80. The van der Waals surface area contributed by atoms with Crippen molar-refractivity contribution in [2.75, 3.05) is 5.32 Å². The maximum Gasteiger partial charge on any atom is 0.259 e. The Bertz CT molecular complexity index is 803. The van der Waals surface area contributed by atoms with Crippen LogP contribution in [0.4, 0.5) is 5.69 Å². The molecule has 0 aliphatic heterocycles. The quantitative estimate of drug-likeness (QED) is 0.752. The third-order valence-corrected chi connectivity index (χ3v) is 3.50. The van der Waals surface area contributed by atoms with E-state index in [-0.39, 0.29) is 5.91 Å². The van der Waals surface area contributed by atoms with Crippen LogP contribution in [0.2, 0.25) is 0 Å². The van der Waals surface area contributed by atoms with Crippen molar-refractivity contribution in [3.63, 3.8) is 0 Å². The van der Waals surface area contributed by atoms with Gasteiger partial charge in [0.1, 0.15) is 11.5 Å². The van der Waals surface area contributed by atoms with Crippen molar-refractivity contribution < 1.29 is 9.21 Å². The molecule has 0 spiro atoms. The minimum Gasteiger partial charge on any atom is -0.461 e. The number of amides is 1. The Morgan fingerprint density at radius 1 is 0.955 bits per heavy atom. The van der Waals surface area contributed by atoms with Crippen molar-refractivity contribution in [1.29, 1.82) is 0 Å². The Labute approximate surface area is 129 Å².